The smallest absolute Gasteiger partial charge is 0.269 e. The van der Waals surface area contributed by atoms with Gasteiger partial charge in [0.05, 0.1) is 11.0 Å². The van der Waals surface area contributed by atoms with Gasteiger partial charge in [-0.25, -0.2) is 0 Å². The predicted molar refractivity (Wildman–Crippen MR) is 88.9 cm³/mol. The molecule has 1 atom stereocenters. The number of benzene rings is 2. The molecule has 0 aromatic heterocycles. The zero-order valence-corrected chi connectivity index (χ0v) is 13.1. The molecule has 0 heterocycles. The lowest BCUT2D eigenvalue weighted by molar-refractivity contribution is -0.384. The van der Waals surface area contributed by atoms with Crippen molar-refractivity contribution in [1.82, 2.24) is 5.32 Å². The number of nitro groups is 1. The van der Waals surface area contributed by atoms with Gasteiger partial charge in [0.25, 0.3) is 11.6 Å². The first-order valence-electron chi connectivity index (χ1n) is 7.88. The van der Waals surface area contributed by atoms with E-state index in [9.17, 15) is 14.9 Å². The van der Waals surface area contributed by atoms with E-state index < -0.39 is 4.92 Å². The third kappa shape index (κ3) is 3.71. The number of nitrogens with zero attached hydrogens (tertiary/aromatic N) is 1. The minimum atomic E-state index is -0.475. The highest BCUT2D eigenvalue weighted by Crippen LogP contribution is 2.29. The van der Waals surface area contributed by atoms with Crippen LogP contribution in [0.4, 0.5) is 5.69 Å². The molecule has 1 N–H and O–H groups in total. The van der Waals surface area contributed by atoms with Crippen LogP contribution in [0.5, 0.6) is 5.75 Å². The Labute approximate surface area is 139 Å². The normalized spacial score (nSPS) is 16.1. The van der Waals surface area contributed by atoms with Gasteiger partial charge in [-0.1, -0.05) is 24.3 Å². The number of carbonyl (C=O) groups is 1. The molecule has 24 heavy (non-hydrogen) atoms. The van der Waals surface area contributed by atoms with Crippen molar-refractivity contribution < 1.29 is 14.5 Å². The van der Waals surface area contributed by atoms with Crippen LogP contribution in [0.15, 0.2) is 48.5 Å². The van der Waals surface area contributed by atoms with Crippen LogP contribution in [0.2, 0.25) is 0 Å². The van der Waals surface area contributed by atoms with Crippen molar-refractivity contribution in [2.24, 2.45) is 0 Å². The molecule has 3 rings (SSSR count). The summed E-state index contributed by atoms with van der Waals surface area (Å²) in [6, 6.07) is 13.8. The minimum absolute atomic E-state index is 0.00869. The number of non-ortho nitro benzene ring substituents is 1. The highest BCUT2D eigenvalue weighted by Gasteiger charge is 2.21. The fraction of sp³-hybridized carbons (Fsp3) is 0.278. The van der Waals surface area contributed by atoms with E-state index in [0.29, 0.717) is 5.75 Å². The number of nitro benzene ring substituents is 1. The van der Waals surface area contributed by atoms with Crippen molar-refractivity contribution in [2.45, 2.75) is 25.3 Å². The van der Waals surface area contributed by atoms with Crippen LogP contribution in [0.1, 0.15) is 30.0 Å². The molecule has 0 bridgehead atoms. The van der Waals surface area contributed by atoms with Gasteiger partial charge in [0, 0.05) is 12.1 Å². The molecular weight excluding hydrogens is 308 g/mol. The van der Waals surface area contributed by atoms with Gasteiger partial charge >= 0.3 is 0 Å². The molecule has 0 aliphatic heterocycles. The van der Waals surface area contributed by atoms with Crippen molar-refractivity contribution in [3.63, 3.8) is 0 Å². The number of amides is 1. The summed E-state index contributed by atoms with van der Waals surface area (Å²) in [5.41, 5.74) is 2.45. The quantitative estimate of drug-likeness (QED) is 0.676. The van der Waals surface area contributed by atoms with E-state index in [2.05, 4.69) is 17.4 Å². The molecule has 2 aromatic rings. The first kappa shape index (κ1) is 16.0. The largest absolute Gasteiger partial charge is 0.484 e. The summed E-state index contributed by atoms with van der Waals surface area (Å²) in [5, 5.41) is 13.6. The molecule has 2 aromatic carbocycles. The average molecular weight is 326 g/mol. The summed E-state index contributed by atoms with van der Waals surface area (Å²) in [6.07, 6.45) is 3.01. The SMILES string of the molecule is O=C(COc1ccc([N+](=O)[O-])cc1)N[C@H]1CCCc2ccccc21. The van der Waals surface area contributed by atoms with Gasteiger partial charge in [-0.2, -0.15) is 0 Å². The Morgan fingerprint density at radius 2 is 1.96 bits per heavy atom. The third-order valence-electron chi connectivity index (χ3n) is 4.12. The monoisotopic (exact) mass is 326 g/mol. The first-order chi connectivity index (χ1) is 11.6. The lowest BCUT2D eigenvalue weighted by Gasteiger charge is -2.26. The topological polar surface area (TPSA) is 81.5 Å². The van der Waals surface area contributed by atoms with Gasteiger partial charge in [-0.15, -0.1) is 0 Å². The average Bonchev–Trinajstić information content (AvgIpc) is 2.61. The highest BCUT2D eigenvalue weighted by molar-refractivity contribution is 5.78. The van der Waals surface area contributed by atoms with Crippen LogP contribution >= 0.6 is 0 Å². The van der Waals surface area contributed by atoms with Gasteiger partial charge in [0.2, 0.25) is 0 Å². The Balaban J connectivity index is 1.56. The molecule has 1 aliphatic rings. The fourth-order valence-electron chi connectivity index (χ4n) is 2.95. The van der Waals surface area contributed by atoms with Gasteiger partial charge in [0.1, 0.15) is 5.75 Å². The second-order valence-corrected chi connectivity index (χ2v) is 5.75. The van der Waals surface area contributed by atoms with E-state index in [0.717, 1.165) is 19.3 Å². The number of aryl methyl sites for hydroxylation is 1. The maximum atomic E-state index is 12.1. The molecule has 6 heteroatoms. The van der Waals surface area contributed by atoms with E-state index >= 15 is 0 Å². The summed E-state index contributed by atoms with van der Waals surface area (Å²) < 4.78 is 5.40. The molecule has 0 spiro atoms. The number of nitrogens with one attached hydrogen (secondary N) is 1. The van der Waals surface area contributed by atoms with Crippen molar-refractivity contribution in [1.29, 1.82) is 0 Å². The van der Waals surface area contributed by atoms with Gasteiger partial charge in [-0.05, 0) is 42.5 Å². The predicted octanol–water partition coefficient (Wildman–Crippen LogP) is 3.17. The van der Waals surface area contributed by atoms with Crippen molar-refractivity contribution in [3.05, 3.63) is 69.8 Å². The summed E-state index contributed by atoms with van der Waals surface area (Å²) in [7, 11) is 0. The number of hydrogen-bond donors (Lipinski definition) is 1. The van der Waals surface area contributed by atoms with Crippen molar-refractivity contribution in [2.75, 3.05) is 6.61 Å². The second kappa shape index (κ2) is 7.12. The highest BCUT2D eigenvalue weighted by atomic mass is 16.6. The van der Waals surface area contributed by atoms with Crippen LogP contribution in [-0.2, 0) is 11.2 Å². The molecule has 0 saturated heterocycles. The van der Waals surface area contributed by atoms with Gasteiger partial charge in [0.15, 0.2) is 6.61 Å². The molecule has 0 fully saturated rings. The van der Waals surface area contributed by atoms with Crippen molar-refractivity contribution >= 4 is 11.6 Å². The molecule has 6 nitrogen and oxygen atoms in total. The van der Waals surface area contributed by atoms with E-state index in [1.54, 1.807) is 0 Å². The number of rotatable bonds is 5. The van der Waals surface area contributed by atoms with Crippen LogP contribution in [0.25, 0.3) is 0 Å². The molecule has 124 valence electrons. The fourth-order valence-corrected chi connectivity index (χ4v) is 2.95. The summed E-state index contributed by atoms with van der Waals surface area (Å²) in [4.78, 5) is 22.3. The van der Waals surface area contributed by atoms with Crippen LogP contribution < -0.4 is 10.1 Å². The summed E-state index contributed by atoms with van der Waals surface area (Å²) >= 11 is 0. The van der Waals surface area contributed by atoms with E-state index in [4.69, 9.17) is 4.74 Å². The lowest BCUT2D eigenvalue weighted by atomic mass is 9.88. The number of ether oxygens (including phenoxy) is 1. The number of fused-ring (bicyclic) bond motifs is 1. The lowest BCUT2D eigenvalue weighted by Crippen LogP contribution is -2.34. The minimum Gasteiger partial charge on any atom is -0.484 e. The zero-order chi connectivity index (χ0) is 16.9. The van der Waals surface area contributed by atoms with E-state index in [-0.39, 0.29) is 24.2 Å². The van der Waals surface area contributed by atoms with Crippen LogP contribution in [0.3, 0.4) is 0 Å². The Morgan fingerprint density at radius 1 is 1.21 bits per heavy atom. The molecule has 0 unspecified atom stereocenters. The van der Waals surface area contributed by atoms with Crippen LogP contribution in [-0.4, -0.2) is 17.4 Å². The third-order valence-corrected chi connectivity index (χ3v) is 4.12. The number of carbonyl (C=O) groups excluding carboxylic acids is 1. The standard InChI is InChI=1S/C18H18N2O4/c21-18(12-24-15-10-8-14(9-11-15)20(22)23)19-17-7-3-5-13-4-1-2-6-16(13)17/h1-2,4,6,8-11,17H,3,5,7,12H2,(H,19,21)/t17-/m0/s1. The molecule has 0 saturated carbocycles. The first-order valence-corrected chi connectivity index (χ1v) is 7.88. The van der Waals surface area contributed by atoms with Gasteiger partial charge < -0.3 is 10.1 Å². The second-order valence-electron chi connectivity index (χ2n) is 5.75. The van der Waals surface area contributed by atoms with Crippen LogP contribution in [0, 0.1) is 10.1 Å². The van der Waals surface area contributed by atoms with Gasteiger partial charge in [-0.3, -0.25) is 14.9 Å². The number of hydrogen-bond acceptors (Lipinski definition) is 4. The molecular formula is C18H18N2O4. The zero-order valence-electron chi connectivity index (χ0n) is 13.1. The Bertz CT molecular complexity index is 743. The molecule has 0 radical (unpaired) electrons. The van der Waals surface area contributed by atoms with E-state index in [1.165, 1.54) is 35.4 Å². The summed E-state index contributed by atoms with van der Waals surface area (Å²) in [5.74, 6) is 0.231. The Hall–Kier alpha value is -2.89. The molecule has 1 amide bonds. The molecule has 1 aliphatic carbocycles. The maximum absolute atomic E-state index is 12.1. The Morgan fingerprint density at radius 3 is 2.71 bits per heavy atom. The summed E-state index contributed by atoms with van der Waals surface area (Å²) in [6.45, 7) is -0.115. The van der Waals surface area contributed by atoms with Crippen molar-refractivity contribution in [3.8, 4) is 5.75 Å². The Kier molecular flexibility index (Phi) is 4.74. The maximum Gasteiger partial charge on any atom is 0.269 e. The van der Waals surface area contributed by atoms with E-state index in [1.807, 2.05) is 12.1 Å².